The maximum absolute atomic E-state index is 5.65. The van der Waals surface area contributed by atoms with Gasteiger partial charge in [-0.3, -0.25) is 0 Å². The van der Waals surface area contributed by atoms with E-state index in [0.717, 1.165) is 17.3 Å². The number of nitrogens with zero attached hydrogens (tertiary/aromatic N) is 1. The van der Waals surface area contributed by atoms with Crippen LogP contribution in [0.25, 0.3) is 0 Å². The Morgan fingerprint density at radius 2 is 1.77 bits per heavy atom. The molecule has 3 heteroatoms. The Bertz CT molecular complexity index is 635. The van der Waals surface area contributed by atoms with Crippen molar-refractivity contribution in [3.63, 3.8) is 0 Å². The molecular weight excluding hydrogens is 288 g/mol. The van der Waals surface area contributed by atoms with E-state index in [9.17, 15) is 0 Å². The predicted molar refractivity (Wildman–Crippen MR) is 99.3 cm³/mol. The van der Waals surface area contributed by atoms with Crippen molar-refractivity contribution in [1.29, 1.82) is 0 Å². The van der Waals surface area contributed by atoms with Crippen molar-refractivity contribution in [3.05, 3.63) is 65.2 Å². The Morgan fingerprint density at radius 3 is 2.41 bits per heavy atom. The smallest absolute Gasteiger partial charge is 0.173 e. The summed E-state index contributed by atoms with van der Waals surface area (Å²) in [5, 5.41) is 4.18. The van der Waals surface area contributed by atoms with Gasteiger partial charge in [-0.25, -0.2) is 0 Å². The molecule has 2 rings (SSSR count). The summed E-state index contributed by atoms with van der Waals surface area (Å²) in [6.45, 7) is 9.34. The van der Waals surface area contributed by atoms with Crippen LogP contribution in [0, 0.1) is 13.8 Å². The van der Waals surface area contributed by atoms with Gasteiger partial charge in [0.05, 0.1) is 0 Å². The van der Waals surface area contributed by atoms with Gasteiger partial charge in [0, 0.05) is 18.3 Å². The van der Waals surface area contributed by atoms with E-state index >= 15 is 0 Å². The third-order valence-corrected chi connectivity index (χ3v) is 4.05. The van der Waals surface area contributed by atoms with Crippen molar-refractivity contribution < 1.29 is 0 Å². The van der Waals surface area contributed by atoms with Gasteiger partial charge in [-0.2, -0.15) is 0 Å². The molecule has 22 heavy (non-hydrogen) atoms. The molecule has 116 valence electrons. The number of anilines is 1. The molecule has 0 aromatic heterocycles. The fourth-order valence-corrected chi connectivity index (χ4v) is 2.71. The number of nitrogens with one attached hydrogen (secondary N) is 1. The quantitative estimate of drug-likeness (QED) is 0.807. The second-order valence-electron chi connectivity index (χ2n) is 5.96. The van der Waals surface area contributed by atoms with Gasteiger partial charge in [-0.05, 0) is 62.7 Å². The molecule has 2 aromatic carbocycles. The zero-order valence-electron chi connectivity index (χ0n) is 13.8. The number of hydrogen-bond donors (Lipinski definition) is 1. The molecule has 0 radical (unpaired) electrons. The number of rotatable bonds is 4. The number of aryl methyl sites for hydroxylation is 2. The van der Waals surface area contributed by atoms with E-state index in [-0.39, 0.29) is 0 Å². The Hall–Kier alpha value is -1.87. The van der Waals surface area contributed by atoms with E-state index in [1.807, 2.05) is 6.07 Å². The first-order valence-corrected chi connectivity index (χ1v) is 8.07. The first-order chi connectivity index (χ1) is 10.5. The van der Waals surface area contributed by atoms with Crippen LogP contribution in [-0.4, -0.2) is 16.1 Å². The average molecular weight is 312 g/mol. The molecule has 0 atom stereocenters. The number of benzene rings is 2. The monoisotopic (exact) mass is 312 g/mol. The molecule has 2 aromatic rings. The minimum absolute atomic E-state index is 0.338. The first kappa shape index (κ1) is 16.5. The van der Waals surface area contributed by atoms with Crippen LogP contribution in [0.15, 0.2) is 48.5 Å². The fourth-order valence-electron chi connectivity index (χ4n) is 2.33. The summed E-state index contributed by atoms with van der Waals surface area (Å²) in [5.41, 5.74) is 4.79. The summed E-state index contributed by atoms with van der Waals surface area (Å²) in [5.74, 6) is 0. The van der Waals surface area contributed by atoms with Crippen LogP contribution in [0.2, 0.25) is 0 Å². The van der Waals surface area contributed by atoms with E-state index in [0.29, 0.717) is 6.04 Å². The Kier molecular flexibility index (Phi) is 5.56. The van der Waals surface area contributed by atoms with Gasteiger partial charge in [0.15, 0.2) is 5.11 Å². The normalized spacial score (nSPS) is 10.6. The summed E-state index contributed by atoms with van der Waals surface area (Å²) in [7, 11) is 0. The number of hydrogen-bond acceptors (Lipinski definition) is 1. The van der Waals surface area contributed by atoms with E-state index in [4.69, 9.17) is 12.2 Å². The van der Waals surface area contributed by atoms with Gasteiger partial charge in [0.25, 0.3) is 0 Å². The number of thiocarbonyl (C=S) groups is 1. The molecule has 0 spiro atoms. The highest BCUT2D eigenvalue weighted by Gasteiger charge is 2.14. The van der Waals surface area contributed by atoms with Crippen molar-refractivity contribution in [3.8, 4) is 0 Å². The minimum atomic E-state index is 0.338. The molecule has 0 unspecified atom stereocenters. The lowest BCUT2D eigenvalue weighted by Gasteiger charge is -2.30. The molecular formula is C19H24N2S. The van der Waals surface area contributed by atoms with Crippen LogP contribution in [-0.2, 0) is 6.54 Å². The van der Waals surface area contributed by atoms with E-state index < -0.39 is 0 Å². The first-order valence-electron chi connectivity index (χ1n) is 7.66. The average Bonchev–Trinajstić information content (AvgIpc) is 2.49. The lowest BCUT2D eigenvalue weighted by molar-refractivity contribution is 0.348. The fraction of sp³-hybridized carbons (Fsp3) is 0.316. The highest BCUT2D eigenvalue weighted by atomic mass is 32.1. The van der Waals surface area contributed by atoms with E-state index in [1.165, 1.54) is 16.7 Å². The topological polar surface area (TPSA) is 15.3 Å². The minimum Gasteiger partial charge on any atom is -0.342 e. The molecule has 0 aliphatic rings. The molecule has 0 fully saturated rings. The largest absolute Gasteiger partial charge is 0.342 e. The van der Waals surface area contributed by atoms with Crippen molar-refractivity contribution in [2.75, 3.05) is 5.32 Å². The van der Waals surface area contributed by atoms with Gasteiger partial charge >= 0.3 is 0 Å². The summed E-state index contributed by atoms with van der Waals surface area (Å²) in [4.78, 5) is 2.21. The predicted octanol–water partition coefficient (Wildman–Crippen LogP) is 4.91. The van der Waals surface area contributed by atoms with Gasteiger partial charge in [0.1, 0.15) is 0 Å². The van der Waals surface area contributed by atoms with Crippen molar-refractivity contribution in [2.45, 2.75) is 40.3 Å². The second kappa shape index (κ2) is 7.41. The second-order valence-corrected chi connectivity index (χ2v) is 6.34. The lowest BCUT2D eigenvalue weighted by Crippen LogP contribution is -2.39. The van der Waals surface area contributed by atoms with Crippen molar-refractivity contribution >= 4 is 23.0 Å². The molecule has 0 bridgehead atoms. The summed E-state index contributed by atoms with van der Waals surface area (Å²) in [6.07, 6.45) is 0. The third kappa shape index (κ3) is 4.31. The molecule has 1 N–H and O–H groups in total. The van der Waals surface area contributed by atoms with E-state index in [2.05, 4.69) is 80.4 Å². The Balaban J connectivity index is 2.15. The van der Waals surface area contributed by atoms with Crippen LogP contribution < -0.4 is 5.32 Å². The Labute approximate surface area is 139 Å². The molecule has 0 amide bonds. The zero-order valence-corrected chi connectivity index (χ0v) is 14.6. The molecule has 0 saturated carbocycles. The standard InChI is InChI=1S/C19H24N2S/c1-14(2)21(13-17-8-6-5-7-9-17)19(22)20-18-12-15(3)10-11-16(18)4/h5-12,14H,13H2,1-4H3,(H,20,22). The molecule has 0 heterocycles. The summed E-state index contributed by atoms with van der Waals surface area (Å²) in [6, 6.07) is 17.2. The van der Waals surface area contributed by atoms with Crippen molar-refractivity contribution in [1.82, 2.24) is 4.90 Å². The maximum Gasteiger partial charge on any atom is 0.173 e. The summed E-state index contributed by atoms with van der Waals surface area (Å²) < 4.78 is 0. The van der Waals surface area contributed by atoms with Crippen molar-refractivity contribution in [2.24, 2.45) is 0 Å². The molecule has 0 aliphatic carbocycles. The van der Waals surface area contributed by atoms with Gasteiger partial charge in [-0.1, -0.05) is 42.5 Å². The maximum atomic E-state index is 5.65. The van der Waals surface area contributed by atoms with Gasteiger partial charge in [-0.15, -0.1) is 0 Å². The van der Waals surface area contributed by atoms with Crippen LogP contribution in [0.1, 0.15) is 30.5 Å². The Morgan fingerprint density at radius 1 is 1.09 bits per heavy atom. The molecule has 0 aliphatic heterocycles. The van der Waals surface area contributed by atoms with Crippen LogP contribution in [0.5, 0.6) is 0 Å². The molecule has 0 saturated heterocycles. The summed E-state index contributed by atoms with van der Waals surface area (Å²) >= 11 is 5.65. The lowest BCUT2D eigenvalue weighted by atomic mass is 10.1. The van der Waals surface area contributed by atoms with Crippen LogP contribution in [0.3, 0.4) is 0 Å². The SMILES string of the molecule is Cc1ccc(C)c(NC(=S)N(Cc2ccccc2)C(C)C)c1. The zero-order chi connectivity index (χ0) is 16.1. The van der Waals surface area contributed by atoms with Gasteiger partial charge < -0.3 is 10.2 Å². The van der Waals surface area contributed by atoms with Crippen LogP contribution >= 0.6 is 12.2 Å². The van der Waals surface area contributed by atoms with E-state index in [1.54, 1.807) is 0 Å². The highest BCUT2D eigenvalue weighted by Crippen LogP contribution is 2.18. The third-order valence-electron chi connectivity index (χ3n) is 3.71. The molecule has 2 nitrogen and oxygen atoms in total. The van der Waals surface area contributed by atoms with Gasteiger partial charge in [0.2, 0.25) is 0 Å². The highest BCUT2D eigenvalue weighted by molar-refractivity contribution is 7.80. The van der Waals surface area contributed by atoms with Crippen LogP contribution in [0.4, 0.5) is 5.69 Å².